The summed E-state index contributed by atoms with van der Waals surface area (Å²) in [6.07, 6.45) is 0.507. The molecule has 0 aromatic carbocycles. The van der Waals surface area contributed by atoms with Gasteiger partial charge in [-0.1, -0.05) is 0 Å². The van der Waals surface area contributed by atoms with E-state index in [0.29, 0.717) is 0 Å². The summed E-state index contributed by atoms with van der Waals surface area (Å²) in [4.78, 5) is 33.9. The van der Waals surface area contributed by atoms with Crippen LogP contribution in [0.1, 0.15) is 12.8 Å². The lowest BCUT2D eigenvalue weighted by Gasteiger charge is -2.12. The van der Waals surface area contributed by atoms with Gasteiger partial charge < -0.3 is 10.5 Å². The predicted molar refractivity (Wildman–Crippen MR) is 46.0 cm³/mol. The second-order valence-corrected chi connectivity index (χ2v) is 2.86. The van der Waals surface area contributed by atoms with Crippen molar-refractivity contribution < 1.29 is 19.1 Å². The van der Waals surface area contributed by atoms with Gasteiger partial charge >= 0.3 is 5.97 Å². The first-order valence-electron chi connectivity index (χ1n) is 4.34. The van der Waals surface area contributed by atoms with Crippen molar-refractivity contribution in [3.63, 3.8) is 0 Å². The number of hydrogen-bond acceptors (Lipinski definition) is 5. The molecule has 1 saturated heterocycles. The van der Waals surface area contributed by atoms with Crippen LogP contribution in [0.15, 0.2) is 0 Å². The molecule has 2 amide bonds. The minimum Gasteiger partial charge on any atom is -0.463 e. The van der Waals surface area contributed by atoms with Crippen molar-refractivity contribution in [3.05, 3.63) is 0 Å². The third kappa shape index (κ3) is 2.53. The molecule has 6 nitrogen and oxygen atoms in total. The molecule has 0 bridgehead atoms. The molecule has 1 heterocycles. The lowest BCUT2D eigenvalue weighted by atomic mass is 10.4. The Kier molecular flexibility index (Phi) is 3.58. The third-order valence-corrected chi connectivity index (χ3v) is 1.90. The lowest BCUT2D eigenvalue weighted by Crippen LogP contribution is -2.33. The van der Waals surface area contributed by atoms with Gasteiger partial charge in [0.05, 0.1) is 13.1 Å². The summed E-state index contributed by atoms with van der Waals surface area (Å²) in [5.41, 5.74) is 5.00. The number of amides is 2. The SMILES string of the molecule is NCC(=O)OCCN1C(=O)CCC1=O. The first kappa shape index (κ1) is 10.6. The highest BCUT2D eigenvalue weighted by molar-refractivity contribution is 6.01. The summed E-state index contributed by atoms with van der Waals surface area (Å²) in [5, 5.41) is 0. The maximum Gasteiger partial charge on any atom is 0.319 e. The minimum absolute atomic E-state index is 0.0213. The molecule has 1 fully saturated rings. The first-order valence-corrected chi connectivity index (χ1v) is 4.34. The van der Waals surface area contributed by atoms with E-state index < -0.39 is 5.97 Å². The van der Waals surface area contributed by atoms with Gasteiger partial charge in [-0.05, 0) is 0 Å². The monoisotopic (exact) mass is 200 g/mol. The lowest BCUT2D eigenvalue weighted by molar-refractivity contribution is -0.146. The van der Waals surface area contributed by atoms with Crippen LogP contribution in [-0.4, -0.2) is 42.4 Å². The van der Waals surface area contributed by atoms with Crippen LogP contribution in [0.4, 0.5) is 0 Å². The van der Waals surface area contributed by atoms with Gasteiger partial charge in [0, 0.05) is 12.8 Å². The van der Waals surface area contributed by atoms with E-state index >= 15 is 0 Å². The number of rotatable bonds is 4. The van der Waals surface area contributed by atoms with Crippen molar-refractivity contribution in [3.8, 4) is 0 Å². The summed E-state index contributed by atoms with van der Waals surface area (Å²) in [5.74, 6) is -0.957. The second-order valence-electron chi connectivity index (χ2n) is 2.86. The Labute approximate surface area is 81.0 Å². The van der Waals surface area contributed by atoms with Crippen molar-refractivity contribution in [1.82, 2.24) is 4.90 Å². The van der Waals surface area contributed by atoms with E-state index in [0.717, 1.165) is 4.90 Å². The van der Waals surface area contributed by atoms with Gasteiger partial charge in [0.25, 0.3) is 0 Å². The predicted octanol–water partition coefficient (Wildman–Crippen LogP) is -1.36. The Hall–Kier alpha value is -1.43. The summed E-state index contributed by atoms with van der Waals surface area (Å²) in [6, 6.07) is 0. The van der Waals surface area contributed by atoms with Crippen LogP contribution in [0.25, 0.3) is 0 Å². The molecule has 0 radical (unpaired) electrons. The largest absolute Gasteiger partial charge is 0.463 e. The number of carbonyl (C=O) groups excluding carboxylic acids is 3. The summed E-state index contributed by atoms with van der Waals surface area (Å²) < 4.78 is 4.64. The molecule has 0 aromatic heterocycles. The number of hydrogen-bond donors (Lipinski definition) is 1. The van der Waals surface area contributed by atoms with Crippen LogP contribution in [0, 0.1) is 0 Å². The maximum absolute atomic E-state index is 11.1. The number of nitrogens with zero attached hydrogens (tertiary/aromatic N) is 1. The van der Waals surface area contributed by atoms with Gasteiger partial charge in [-0.15, -0.1) is 0 Å². The number of nitrogens with two attached hydrogens (primary N) is 1. The molecule has 0 aromatic rings. The zero-order valence-electron chi connectivity index (χ0n) is 7.69. The van der Waals surface area contributed by atoms with Gasteiger partial charge in [0.15, 0.2) is 0 Å². The highest BCUT2D eigenvalue weighted by atomic mass is 16.5. The summed E-state index contributed by atoms with van der Waals surface area (Å²) >= 11 is 0. The smallest absolute Gasteiger partial charge is 0.319 e. The van der Waals surface area contributed by atoms with Crippen molar-refractivity contribution in [2.75, 3.05) is 19.7 Å². The Morgan fingerprint density at radius 1 is 1.36 bits per heavy atom. The average Bonchev–Trinajstić information content (AvgIpc) is 2.48. The molecule has 0 unspecified atom stereocenters. The molecular formula is C8H12N2O4. The molecule has 0 saturated carbocycles. The number of imide groups is 1. The van der Waals surface area contributed by atoms with Gasteiger partial charge in [0.2, 0.25) is 11.8 Å². The maximum atomic E-state index is 11.1. The third-order valence-electron chi connectivity index (χ3n) is 1.90. The fourth-order valence-electron chi connectivity index (χ4n) is 1.18. The molecule has 2 N–H and O–H groups in total. The zero-order valence-corrected chi connectivity index (χ0v) is 7.69. The zero-order chi connectivity index (χ0) is 10.6. The molecule has 14 heavy (non-hydrogen) atoms. The van der Waals surface area contributed by atoms with Crippen molar-refractivity contribution in [2.45, 2.75) is 12.8 Å². The minimum atomic E-state index is -0.538. The standard InChI is InChI=1S/C8H12N2O4/c9-5-8(13)14-4-3-10-6(11)1-2-7(10)12/h1-5,9H2. The van der Waals surface area contributed by atoms with Gasteiger partial charge in [0.1, 0.15) is 6.61 Å². The van der Waals surface area contributed by atoms with Gasteiger partial charge in [-0.25, -0.2) is 0 Å². The van der Waals surface area contributed by atoms with E-state index in [1.54, 1.807) is 0 Å². The molecule has 0 atom stereocenters. The molecule has 78 valence electrons. The first-order chi connectivity index (χ1) is 6.65. The molecule has 0 spiro atoms. The quantitative estimate of drug-likeness (QED) is 0.447. The van der Waals surface area contributed by atoms with Crippen LogP contribution in [0.3, 0.4) is 0 Å². The number of likely N-dealkylation sites (tertiary alicyclic amines) is 1. The van der Waals surface area contributed by atoms with E-state index in [1.165, 1.54) is 0 Å². The van der Waals surface area contributed by atoms with Crippen LogP contribution in [0.5, 0.6) is 0 Å². The normalized spacial score (nSPS) is 16.2. The van der Waals surface area contributed by atoms with Crippen LogP contribution in [0.2, 0.25) is 0 Å². The van der Waals surface area contributed by atoms with Crippen molar-refractivity contribution in [2.24, 2.45) is 5.73 Å². The van der Waals surface area contributed by atoms with Crippen molar-refractivity contribution >= 4 is 17.8 Å². The van der Waals surface area contributed by atoms with E-state index in [4.69, 9.17) is 5.73 Å². The van der Waals surface area contributed by atoms with Crippen LogP contribution < -0.4 is 5.73 Å². The molecule has 1 aliphatic heterocycles. The van der Waals surface area contributed by atoms with E-state index in [2.05, 4.69) is 4.74 Å². The fraction of sp³-hybridized carbons (Fsp3) is 0.625. The Morgan fingerprint density at radius 3 is 2.43 bits per heavy atom. The molecule has 1 rings (SSSR count). The molecule has 6 heteroatoms. The van der Waals surface area contributed by atoms with Gasteiger partial charge in [-0.3, -0.25) is 19.3 Å². The second kappa shape index (κ2) is 4.71. The highest BCUT2D eigenvalue weighted by Crippen LogP contribution is 2.10. The molecule has 0 aliphatic carbocycles. The van der Waals surface area contributed by atoms with E-state index in [-0.39, 0.29) is 44.4 Å². The summed E-state index contributed by atoms with van der Waals surface area (Å²) in [7, 11) is 0. The summed E-state index contributed by atoms with van der Waals surface area (Å²) in [6.45, 7) is -0.0428. The van der Waals surface area contributed by atoms with Crippen molar-refractivity contribution in [1.29, 1.82) is 0 Å². The Morgan fingerprint density at radius 2 is 1.93 bits per heavy atom. The number of carbonyl (C=O) groups is 3. The molecule has 1 aliphatic rings. The molecular weight excluding hydrogens is 188 g/mol. The van der Waals surface area contributed by atoms with Crippen LogP contribution >= 0.6 is 0 Å². The van der Waals surface area contributed by atoms with E-state index in [1.807, 2.05) is 0 Å². The van der Waals surface area contributed by atoms with Gasteiger partial charge in [-0.2, -0.15) is 0 Å². The highest BCUT2D eigenvalue weighted by Gasteiger charge is 2.28. The number of ether oxygens (including phenoxy) is 1. The fourth-order valence-corrected chi connectivity index (χ4v) is 1.18. The average molecular weight is 200 g/mol. The topological polar surface area (TPSA) is 89.7 Å². The van der Waals surface area contributed by atoms with E-state index in [9.17, 15) is 14.4 Å². The Balaban J connectivity index is 2.27. The Bertz CT molecular complexity index is 248. The number of esters is 1. The van der Waals surface area contributed by atoms with Crippen LogP contribution in [-0.2, 0) is 19.1 Å².